The second kappa shape index (κ2) is 5.10. The molecule has 0 spiro atoms. The molecular formula is C12H18N4O4. The van der Waals surface area contributed by atoms with Crippen LogP contribution in [0.1, 0.15) is 31.9 Å². The van der Waals surface area contributed by atoms with Gasteiger partial charge in [-0.3, -0.25) is 14.9 Å². The molecule has 20 heavy (non-hydrogen) atoms. The molecule has 2 heterocycles. The zero-order valence-electron chi connectivity index (χ0n) is 11.7. The number of rotatable bonds is 5. The molecule has 0 saturated carbocycles. The van der Waals surface area contributed by atoms with E-state index < -0.39 is 10.9 Å². The van der Waals surface area contributed by atoms with E-state index >= 15 is 0 Å². The predicted octanol–water partition coefficient (Wildman–Crippen LogP) is 1.36. The summed E-state index contributed by atoms with van der Waals surface area (Å²) in [5.74, 6) is -0.353. The first-order chi connectivity index (χ1) is 9.31. The Morgan fingerprint density at radius 3 is 2.60 bits per heavy atom. The van der Waals surface area contributed by atoms with Crippen molar-refractivity contribution in [1.29, 1.82) is 0 Å². The van der Waals surface area contributed by atoms with Crippen molar-refractivity contribution in [3.63, 3.8) is 0 Å². The number of carbonyl (C=O) groups is 1. The molecule has 0 unspecified atom stereocenters. The lowest BCUT2D eigenvalue weighted by Gasteiger charge is -2.39. The third-order valence-electron chi connectivity index (χ3n) is 3.47. The number of carboxylic acid groups (broad SMARTS) is 1. The minimum atomic E-state index is -0.836. The second-order valence-corrected chi connectivity index (χ2v) is 5.46. The van der Waals surface area contributed by atoms with E-state index in [1.165, 1.54) is 4.68 Å². The maximum absolute atomic E-state index is 11.3. The Labute approximate surface area is 116 Å². The van der Waals surface area contributed by atoms with Gasteiger partial charge < -0.3 is 10.0 Å². The summed E-state index contributed by atoms with van der Waals surface area (Å²) >= 11 is 0. The summed E-state index contributed by atoms with van der Waals surface area (Å²) in [6.45, 7) is 4.76. The van der Waals surface area contributed by atoms with Gasteiger partial charge in [-0.25, -0.2) is 4.68 Å². The van der Waals surface area contributed by atoms with Crippen molar-refractivity contribution >= 4 is 17.5 Å². The number of nitro groups is 1. The summed E-state index contributed by atoms with van der Waals surface area (Å²) in [7, 11) is 1.68. The van der Waals surface area contributed by atoms with Crippen molar-refractivity contribution in [2.75, 3.05) is 18.0 Å². The molecule has 0 atom stereocenters. The number of aromatic nitrogens is 2. The molecule has 1 aromatic heterocycles. The number of anilines is 1. The summed E-state index contributed by atoms with van der Waals surface area (Å²) in [6.07, 6.45) is 0.0964. The maximum atomic E-state index is 11.3. The maximum Gasteiger partial charge on any atom is 0.334 e. The summed E-state index contributed by atoms with van der Waals surface area (Å²) < 4.78 is 1.52. The summed E-state index contributed by atoms with van der Waals surface area (Å²) in [6, 6.07) is 0. The number of nitrogens with zero attached hydrogens (tertiary/aromatic N) is 4. The number of hydrogen-bond acceptors (Lipinski definition) is 5. The van der Waals surface area contributed by atoms with Gasteiger partial charge >= 0.3 is 11.7 Å². The highest BCUT2D eigenvalue weighted by molar-refractivity contribution is 5.69. The minimum absolute atomic E-state index is 0.0357. The van der Waals surface area contributed by atoms with Gasteiger partial charge in [0.1, 0.15) is 5.69 Å². The molecule has 1 fully saturated rings. The first-order valence-corrected chi connectivity index (χ1v) is 6.49. The quantitative estimate of drug-likeness (QED) is 0.646. The van der Waals surface area contributed by atoms with Crippen LogP contribution in [0.15, 0.2) is 0 Å². The fourth-order valence-corrected chi connectivity index (χ4v) is 2.56. The van der Waals surface area contributed by atoms with Gasteiger partial charge in [0.2, 0.25) is 5.82 Å². The Hall–Kier alpha value is -2.12. The van der Waals surface area contributed by atoms with E-state index in [9.17, 15) is 14.9 Å². The molecule has 8 nitrogen and oxygen atoms in total. The van der Waals surface area contributed by atoms with Gasteiger partial charge in [0.25, 0.3) is 0 Å². The summed E-state index contributed by atoms with van der Waals surface area (Å²) in [4.78, 5) is 23.4. The van der Waals surface area contributed by atoms with Gasteiger partial charge in [0, 0.05) is 32.0 Å². The van der Waals surface area contributed by atoms with Crippen LogP contribution in [0.4, 0.5) is 11.5 Å². The molecule has 1 N–H and O–H groups in total. The molecule has 1 aromatic rings. The van der Waals surface area contributed by atoms with Gasteiger partial charge in [-0.05, 0) is 0 Å². The van der Waals surface area contributed by atoms with Gasteiger partial charge in [-0.15, -0.1) is 0 Å². The number of aliphatic carboxylic acids is 1. The monoisotopic (exact) mass is 282 g/mol. The zero-order chi connectivity index (χ0) is 15.0. The third kappa shape index (κ3) is 2.45. The lowest BCUT2D eigenvalue weighted by atomic mass is 9.96. The average Bonchev–Trinajstić information content (AvgIpc) is 2.60. The number of aryl methyl sites for hydroxylation is 1. The molecule has 1 aliphatic rings. The highest BCUT2D eigenvalue weighted by Crippen LogP contribution is 2.38. The summed E-state index contributed by atoms with van der Waals surface area (Å²) in [5.41, 5.74) is 0.505. The zero-order valence-corrected chi connectivity index (χ0v) is 11.7. The van der Waals surface area contributed by atoms with E-state index in [0.29, 0.717) is 24.6 Å². The second-order valence-electron chi connectivity index (χ2n) is 5.46. The molecule has 0 aromatic carbocycles. The lowest BCUT2D eigenvalue weighted by Crippen LogP contribution is -2.48. The minimum Gasteiger partial charge on any atom is -0.481 e. The van der Waals surface area contributed by atoms with Crippen molar-refractivity contribution in [3.05, 3.63) is 15.8 Å². The molecule has 1 saturated heterocycles. The predicted molar refractivity (Wildman–Crippen MR) is 71.9 cm³/mol. The normalized spacial score (nSPS) is 15.5. The number of carboxylic acids is 1. The third-order valence-corrected chi connectivity index (χ3v) is 3.47. The van der Waals surface area contributed by atoms with E-state index in [1.54, 1.807) is 7.05 Å². The van der Waals surface area contributed by atoms with Crippen LogP contribution in [-0.2, 0) is 11.8 Å². The molecule has 110 valence electrons. The molecule has 0 amide bonds. The van der Waals surface area contributed by atoms with Crippen LogP contribution >= 0.6 is 0 Å². The topological polar surface area (TPSA) is 102 Å². The Morgan fingerprint density at radius 1 is 1.55 bits per heavy atom. The van der Waals surface area contributed by atoms with Crippen molar-refractivity contribution in [3.8, 4) is 0 Å². The van der Waals surface area contributed by atoms with Crippen molar-refractivity contribution < 1.29 is 14.8 Å². The standard InChI is InChI=1S/C12H18N4O4/c1-7(2)10-11(16(19)20)12(14(3)13-10)15-5-8(6-15)4-9(17)18/h7-8H,4-6H2,1-3H3,(H,17,18). The molecule has 1 aliphatic heterocycles. The lowest BCUT2D eigenvalue weighted by molar-refractivity contribution is -0.385. The van der Waals surface area contributed by atoms with Gasteiger partial charge in [0.15, 0.2) is 0 Å². The van der Waals surface area contributed by atoms with Crippen LogP contribution in [0.5, 0.6) is 0 Å². The average molecular weight is 282 g/mol. The van der Waals surface area contributed by atoms with Gasteiger partial charge in [-0.1, -0.05) is 13.8 Å². The van der Waals surface area contributed by atoms with E-state index in [0.717, 1.165) is 0 Å². The first kappa shape index (κ1) is 14.3. The van der Waals surface area contributed by atoms with Crippen molar-refractivity contribution in [2.45, 2.75) is 26.2 Å². The number of hydrogen-bond donors (Lipinski definition) is 1. The summed E-state index contributed by atoms with van der Waals surface area (Å²) in [5, 5.41) is 24.3. The molecule has 8 heteroatoms. The van der Waals surface area contributed by atoms with E-state index in [4.69, 9.17) is 5.11 Å². The Bertz CT molecular complexity index is 546. The molecule has 0 bridgehead atoms. The van der Waals surface area contributed by atoms with E-state index in [-0.39, 0.29) is 23.9 Å². The van der Waals surface area contributed by atoms with Crippen LogP contribution in [0, 0.1) is 16.0 Å². The Morgan fingerprint density at radius 2 is 2.15 bits per heavy atom. The van der Waals surface area contributed by atoms with Crippen molar-refractivity contribution in [2.24, 2.45) is 13.0 Å². The highest BCUT2D eigenvalue weighted by Gasteiger charge is 2.38. The Balaban J connectivity index is 2.25. The van der Waals surface area contributed by atoms with Crippen LogP contribution in [-0.4, -0.2) is 38.9 Å². The van der Waals surface area contributed by atoms with Crippen LogP contribution < -0.4 is 4.90 Å². The molecule has 0 radical (unpaired) electrons. The highest BCUT2D eigenvalue weighted by atomic mass is 16.6. The molecule has 0 aliphatic carbocycles. The van der Waals surface area contributed by atoms with Gasteiger partial charge in [0.05, 0.1) is 11.3 Å². The molecular weight excluding hydrogens is 264 g/mol. The largest absolute Gasteiger partial charge is 0.481 e. The Kier molecular flexibility index (Phi) is 3.65. The first-order valence-electron chi connectivity index (χ1n) is 6.49. The molecule has 2 rings (SSSR count). The van der Waals surface area contributed by atoms with E-state index in [2.05, 4.69) is 5.10 Å². The fourth-order valence-electron chi connectivity index (χ4n) is 2.56. The van der Waals surface area contributed by atoms with Crippen LogP contribution in [0.2, 0.25) is 0 Å². The SMILES string of the molecule is CC(C)c1nn(C)c(N2CC(CC(=O)O)C2)c1[N+](=O)[O-]. The van der Waals surface area contributed by atoms with Gasteiger partial charge in [-0.2, -0.15) is 5.10 Å². The van der Waals surface area contributed by atoms with Crippen LogP contribution in [0.25, 0.3) is 0 Å². The van der Waals surface area contributed by atoms with E-state index in [1.807, 2.05) is 18.7 Å². The van der Waals surface area contributed by atoms with Crippen molar-refractivity contribution in [1.82, 2.24) is 9.78 Å². The fraction of sp³-hybridized carbons (Fsp3) is 0.667. The van der Waals surface area contributed by atoms with Crippen LogP contribution in [0.3, 0.4) is 0 Å². The smallest absolute Gasteiger partial charge is 0.334 e.